The molecule has 1 aliphatic rings. The third-order valence-electron chi connectivity index (χ3n) is 5.12. The standard InChI is InChI=1S/C23H18F2N2O3/c1-14-6-8-15(9-7-14)23(30)17-4-2-3-5-20(17)27(22(23)29)13-21(28)26-19-11-10-16(24)12-18(19)25/h2-12,30H,13H2,1H3,(H,26,28)/t23-/m0/s1. The first kappa shape index (κ1) is 19.7. The van der Waals surface area contributed by atoms with Gasteiger partial charge in [-0.3, -0.25) is 14.5 Å². The molecule has 1 heterocycles. The fraction of sp³-hybridized carbons (Fsp3) is 0.130. The smallest absolute Gasteiger partial charge is 0.268 e. The number of nitrogens with one attached hydrogen (secondary N) is 1. The summed E-state index contributed by atoms with van der Waals surface area (Å²) in [5.41, 5.74) is -0.0298. The molecular formula is C23H18F2N2O3. The molecule has 1 atom stereocenters. The average Bonchev–Trinajstić information content (AvgIpc) is 2.93. The molecule has 0 saturated heterocycles. The van der Waals surface area contributed by atoms with Gasteiger partial charge in [-0.25, -0.2) is 8.78 Å². The lowest BCUT2D eigenvalue weighted by Crippen LogP contribution is -2.44. The first-order valence-electron chi connectivity index (χ1n) is 9.26. The number of aryl methyl sites for hydroxylation is 1. The Kier molecular flexibility index (Phi) is 4.83. The number of rotatable bonds is 4. The van der Waals surface area contributed by atoms with E-state index in [0.717, 1.165) is 22.6 Å². The average molecular weight is 408 g/mol. The Bertz CT molecular complexity index is 1150. The molecule has 0 saturated carbocycles. The van der Waals surface area contributed by atoms with Crippen molar-refractivity contribution in [3.05, 3.63) is 95.1 Å². The molecule has 7 heteroatoms. The summed E-state index contributed by atoms with van der Waals surface area (Å²) < 4.78 is 26.9. The number of fused-ring (bicyclic) bond motifs is 1. The van der Waals surface area contributed by atoms with Crippen molar-refractivity contribution >= 4 is 23.2 Å². The topological polar surface area (TPSA) is 69.6 Å². The number of carbonyl (C=O) groups excluding carboxylic acids is 2. The van der Waals surface area contributed by atoms with Crippen molar-refractivity contribution in [3.8, 4) is 0 Å². The van der Waals surface area contributed by atoms with Crippen LogP contribution in [-0.4, -0.2) is 23.5 Å². The summed E-state index contributed by atoms with van der Waals surface area (Å²) in [4.78, 5) is 26.9. The van der Waals surface area contributed by atoms with E-state index in [1.165, 1.54) is 0 Å². The van der Waals surface area contributed by atoms with E-state index in [-0.39, 0.29) is 5.69 Å². The van der Waals surface area contributed by atoms with Crippen LogP contribution in [0.3, 0.4) is 0 Å². The molecule has 152 valence electrons. The number of amides is 2. The van der Waals surface area contributed by atoms with Gasteiger partial charge in [-0.2, -0.15) is 0 Å². The summed E-state index contributed by atoms with van der Waals surface area (Å²) >= 11 is 0. The van der Waals surface area contributed by atoms with E-state index in [1.807, 2.05) is 6.92 Å². The largest absolute Gasteiger partial charge is 0.372 e. The molecule has 0 spiro atoms. The lowest BCUT2D eigenvalue weighted by atomic mass is 9.87. The van der Waals surface area contributed by atoms with Gasteiger partial charge < -0.3 is 10.4 Å². The van der Waals surface area contributed by atoms with Crippen molar-refractivity contribution in [1.29, 1.82) is 0 Å². The molecule has 30 heavy (non-hydrogen) atoms. The first-order chi connectivity index (χ1) is 14.3. The molecule has 0 aromatic heterocycles. The minimum Gasteiger partial charge on any atom is -0.372 e. The van der Waals surface area contributed by atoms with E-state index >= 15 is 0 Å². The first-order valence-corrected chi connectivity index (χ1v) is 9.26. The molecule has 5 nitrogen and oxygen atoms in total. The summed E-state index contributed by atoms with van der Waals surface area (Å²) in [7, 11) is 0. The molecule has 0 unspecified atom stereocenters. The predicted molar refractivity (Wildman–Crippen MR) is 108 cm³/mol. The van der Waals surface area contributed by atoms with E-state index in [0.29, 0.717) is 22.9 Å². The zero-order valence-corrected chi connectivity index (χ0v) is 16.0. The molecule has 3 aromatic carbocycles. The van der Waals surface area contributed by atoms with Crippen molar-refractivity contribution in [1.82, 2.24) is 0 Å². The summed E-state index contributed by atoms with van der Waals surface area (Å²) in [6.45, 7) is 1.45. The fourth-order valence-electron chi connectivity index (χ4n) is 3.59. The Hall–Kier alpha value is -3.58. The second kappa shape index (κ2) is 7.35. The normalized spacial score (nSPS) is 17.7. The number of benzene rings is 3. The molecule has 4 rings (SSSR count). The number of para-hydroxylation sites is 1. The van der Waals surface area contributed by atoms with Crippen LogP contribution in [0.1, 0.15) is 16.7 Å². The van der Waals surface area contributed by atoms with E-state index in [9.17, 15) is 23.5 Å². The highest BCUT2D eigenvalue weighted by molar-refractivity contribution is 6.12. The van der Waals surface area contributed by atoms with Crippen LogP contribution in [0.4, 0.5) is 20.2 Å². The van der Waals surface area contributed by atoms with Gasteiger partial charge in [0.1, 0.15) is 18.2 Å². The van der Waals surface area contributed by atoms with Gasteiger partial charge in [0.05, 0.1) is 11.4 Å². The van der Waals surface area contributed by atoms with Gasteiger partial charge in [0.25, 0.3) is 5.91 Å². The number of hydrogen-bond acceptors (Lipinski definition) is 3. The number of hydrogen-bond donors (Lipinski definition) is 2. The molecule has 3 aromatic rings. The maximum Gasteiger partial charge on any atom is 0.268 e. The van der Waals surface area contributed by atoms with E-state index in [2.05, 4.69) is 5.32 Å². The zero-order chi connectivity index (χ0) is 21.5. The van der Waals surface area contributed by atoms with Gasteiger partial charge in [0.2, 0.25) is 5.91 Å². The summed E-state index contributed by atoms with van der Waals surface area (Å²) in [6.07, 6.45) is 0. The van der Waals surface area contributed by atoms with Crippen molar-refractivity contribution in [3.63, 3.8) is 0 Å². The molecule has 2 N–H and O–H groups in total. The second-order valence-electron chi connectivity index (χ2n) is 7.16. The van der Waals surface area contributed by atoms with E-state index in [4.69, 9.17) is 0 Å². The van der Waals surface area contributed by atoms with Crippen LogP contribution in [0.2, 0.25) is 0 Å². The highest BCUT2D eigenvalue weighted by Crippen LogP contribution is 2.44. The number of halogens is 2. The van der Waals surface area contributed by atoms with Crippen LogP contribution in [0.5, 0.6) is 0 Å². The third kappa shape index (κ3) is 3.23. The van der Waals surface area contributed by atoms with Crippen molar-refractivity contribution in [2.45, 2.75) is 12.5 Å². The highest BCUT2D eigenvalue weighted by atomic mass is 19.1. The molecule has 0 aliphatic carbocycles. The molecular weight excluding hydrogens is 390 g/mol. The maximum atomic E-state index is 13.8. The van der Waals surface area contributed by atoms with Crippen LogP contribution in [0.15, 0.2) is 66.7 Å². The lowest BCUT2D eigenvalue weighted by molar-refractivity contribution is -0.133. The number of carbonyl (C=O) groups is 2. The number of aliphatic hydroxyl groups is 1. The summed E-state index contributed by atoms with van der Waals surface area (Å²) in [5.74, 6) is -3.05. The Labute approximate surface area is 171 Å². The number of nitrogens with zero attached hydrogens (tertiary/aromatic N) is 1. The third-order valence-corrected chi connectivity index (χ3v) is 5.12. The Balaban J connectivity index is 1.65. The Morgan fingerprint density at radius 3 is 2.47 bits per heavy atom. The molecule has 2 amide bonds. The van der Waals surface area contributed by atoms with E-state index < -0.39 is 35.6 Å². The minimum absolute atomic E-state index is 0.199. The fourth-order valence-corrected chi connectivity index (χ4v) is 3.59. The highest BCUT2D eigenvalue weighted by Gasteiger charge is 2.51. The molecule has 0 radical (unpaired) electrons. The van der Waals surface area contributed by atoms with Crippen LogP contribution in [0.25, 0.3) is 0 Å². The Morgan fingerprint density at radius 1 is 1.07 bits per heavy atom. The van der Waals surface area contributed by atoms with Gasteiger partial charge in [0, 0.05) is 11.6 Å². The van der Waals surface area contributed by atoms with Crippen LogP contribution in [0, 0.1) is 18.6 Å². The molecule has 0 fully saturated rings. The van der Waals surface area contributed by atoms with Crippen LogP contribution >= 0.6 is 0 Å². The Morgan fingerprint density at radius 2 is 1.77 bits per heavy atom. The maximum absolute atomic E-state index is 13.8. The molecule has 1 aliphatic heterocycles. The van der Waals surface area contributed by atoms with Crippen molar-refractivity contribution < 1.29 is 23.5 Å². The summed E-state index contributed by atoms with van der Waals surface area (Å²) in [6, 6.07) is 16.3. The van der Waals surface area contributed by atoms with E-state index in [1.54, 1.807) is 48.5 Å². The van der Waals surface area contributed by atoms with Crippen molar-refractivity contribution in [2.24, 2.45) is 0 Å². The van der Waals surface area contributed by atoms with Crippen LogP contribution < -0.4 is 10.2 Å². The summed E-state index contributed by atoms with van der Waals surface area (Å²) in [5, 5.41) is 13.7. The number of anilines is 2. The predicted octanol–water partition coefficient (Wildman–Crippen LogP) is 3.49. The van der Waals surface area contributed by atoms with Crippen molar-refractivity contribution in [2.75, 3.05) is 16.8 Å². The van der Waals surface area contributed by atoms with Gasteiger partial charge in [-0.15, -0.1) is 0 Å². The van der Waals surface area contributed by atoms with Gasteiger partial charge in [-0.1, -0.05) is 48.0 Å². The van der Waals surface area contributed by atoms with Gasteiger partial charge in [-0.05, 0) is 30.7 Å². The quantitative estimate of drug-likeness (QED) is 0.694. The SMILES string of the molecule is Cc1ccc([C@@]2(O)C(=O)N(CC(=O)Nc3ccc(F)cc3F)c3ccccc32)cc1. The lowest BCUT2D eigenvalue weighted by Gasteiger charge is -2.23. The minimum atomic E-state index is -1.94. The zero-order valence-electron chi connectivity index (χ0n) is 16.0. The van der Waals surface area contributed by atoms with Gasteiger partial charge >= 0.3 is 0 Å². The second-order valence-corrected chi connectivity index (χ2v) is 7.16. The molecule has 0 bridgehead atoms. The van der Waals surface area contributed by atoms with Crippen LogP contribution in [-0.2, 0) is 15.2 Å². The monoisotopic (exact) mass is 408 g/mol. The van der Waals surface area contributed by atoms with Gasteiger partial charge in [0.15, 0.2) is 5.60 Å².